The summed E-state index contributed by atoms with van der Waals surface area (Å²) < 4.78 is 16.6. The summed E-state index contributed by atoms with van der Waals surface area (Å²) in [6.45, 7) is 4.22. The first kappa shape index (κ1) is 59.2. The van der Waals surface area contributed by atoms with Crippen molar-refractivity contribution in [3.63, 3.8) is 0 Å². The highest BCUT2D eigenvalue weighted by Crippen LogP contribution is 2.23. The second-order valence-electron chi connectivity index (χ2n) is 18.2. The molecular formula is C52H97NO10. The van der Waals surface area contributed by atoms with Crippen molar-refractivity contribution in [2.75, 3.05) is 19.8 Å². The maximum atomic E-state index is 13.0. The van der Waals surface area contributed by atoms with E-state index < -0.39 is 49.5 Å². The van der Waals surface area contributed by atoms with Gasteiger partial charge in [0.2, 0.25) is 5.91 Å². The first-order valence-electron chi connectivity index (χ1n) is 26.1. The average Bonchev–Trinajstić information content (AvgIpc) is 3.28. The van der Waals surface area contributed by atoms with Crippen LogP contribution < -0.4 is 5.32 Å². The van der Waals surface area contributed by atoms with Crippen molar-refractivity contribution in [2.24, 2.45) is 0 Å². The van der Waals surface area contributed by atoms with Crippen molar-refractivity contribution < 1.29 is 49.3 Å². The van der Waals surface area contributed by atoms with E-state index in [2.05, 4.69) is 31.3 Å². The molecule has 0 aliphatic carbocycles. The normalized spacial score (nSPS) is 20.1. The van der Waals surface area contributed by atoms with E-state index in [1.165, 1.54) is 116 Å². The summed E-state index contributed by atoms with van der Waals surface area (Å²) in [5, 5.41) is 54.2. The number of carbonyl (C=O) groups excluding carboxylic acids is 2. The maximum absolute atomic E-state index is 13.0. The minimum atomic E-state index is -1.58. The fourth-order valence-corrected chi connectivity index (χ4v) is 8.07. The number of allylic oxidation sites excluding steroid dienone is 3. The van der Waals surface area contributed by atoms with Gasteiger partial charge in [0, 0.05) is 12.8 Å². The lowest BCUT2D eigenvalue weighted by Gasteiger charge is -2.40. The van der Waals surface area contributed by atoms with Crippen LogP contribution in [0.15, 0.2) is 24.3 Å². The van der Waals surface area contributed by atoms with E-state index in [0.717, 1.165) is 89.9 Å². The Morgan fingerprint density at radius 1 is 0.571 bits per heavy atom. The van der Waals surface area contributed by atoms with E-state index in [1.807, 2.05) is 6.08 Å². The molecule has 0 aromatic heterocycles. The third kappa shape index (κ3) is 33.3. The van der Waals surface area contributed by atoms with Crippen LogP contribution in [-0.2, 0) is 23.8 Å². The molecule has 11 nitrogen and oxygen atoms in total. The summed E-state index contributed by atoms with van der Waals surface area (Å²) in [6, 6.07) is -0.829. The monoisotopic (exact) mass is 896 g/mol. The van der Waals surface area contributed by atoms with Gasteiger partial charge in [0.25, 0.3) is 0 Å². The highest BCUT2D eigenvalue weighted by atomic mass is 16.7. The summed E-state index contributed by atoms with van der Waals surface area (Å²) in [7, 11) is 0. The minimum absolute atomic E-state index is 0.0577. The third-order valence-electron chi connectivity index (χ3n) is 12.3. The molecular weight excluding hydrogens is 799 g/mol. The molecule has 0 saturated carbocycles. The standard InChI is InChI=1S/C52H97NO10/c1-3-5-7-9-11-13-15-16-19-22-26-30-34-38-45(55)44(43-62-52-51(60)50(59)49(58)46(42-54)63-52)53-47(56)39-35-31-27-23-20-17-21-25-29-33-37-41-61-48(57)40-36-32-28-24-18-14-12-10-8-6-4-2/h21,25,34,38,44-46,49-52,54-55,58-60H,3-20,22-24,26-33,35-37,39-43H2,1-2H3,(H,53,56)/b25-21-,38-34+. The molecule has 0 spiro atoms. The molecule has 1 aliphatic rings. The molecule has 1 heterocycles. The number of amides is 1. The van der Waals surface area contributed by atoms with Crippen molar-refractivity contribution in [1.82, 2.24) is 5.32 Å². The Hall–Kier alpha value is -1.86. The summed E-state index contributed by atoms with van der Waals surface area (Å²) in [4.78, 5) is 25.0. The zero-order valence-electron chi connectivity index (χ0n) is 40.3. The van der Waals surface area contributed by atoms with E-state index in [4.69, 9.17) is 14.2 Å². The summed E-state index contributed by atoms with van der Waals surface area (Å²) in [6.07, 6.45) is 38.2. The van der Waals surface area contributed by atoms with E-state index in [0.29, 0.717) is 19.4 Å². The lowest BCUT2D eigenvalue weighted by Crippen LogP contribution is -2.60. The molecule has 6 N–H and O–H groups in total. The Bertz CT molecular complexity index is 1100. The van der Waals surface area contributed by atoms with Crippen LogP contribution in [-0.4, -0.2) is 100 Å². The summed E-state index contributed by atoms with van der Waals surface area (Å²) >= 11 is 0. The van der Waals surface area contributed by atoms with Crippen molar-refractivity contribution in [3.05, 3.63) is 24.3 Å². The van der Waals surface area contributed by atoms with Gasteiger partial charge in [0.15, 0.2) is 6.29 Å². The number of nitrogens with one attached hydrogen (secondary N) is 1. The molecule has 11 heteroatoms. The van der Waals surface area contributed by atoms with Crippen LogP contribution >= 0.6 is 0 Å². The van der Waals surface area contributed by atoms with Crippen LogP contribution in [0.2, 0.25) is 0 Å². The number of hydrogen-bond acceptors (Lipinski definition) is 10. The number of rotatable bonds is 44. The van der Waals surface area contributed by atoms with Crippen LogP contribution in [0.1, 0.15) is 232 Å². The van der Waals surface area contributed by atoms with Gasteiger partial charge in [-0.3, -0.25) is 9.59 Å². The van der Waals surface area contributed by atoms with Gasteiger partial charge in [-0.25, -0.2) is 0 Å². The average molecular weight is 896 g/mol. The molecule has 63 heavy (non-hydrogen) atoms. The molecule has 1 rings (SSSR count). The zero-order valence-corrected chi connectivity index (χ0v) is 40.3. The second-order valence-corrected chi connectivity index (χ2v) is 18.2. The molecule has 7 unspecified atom stereocenters. The SMILES string of the molecule is CCCCCCCCCCCCC/C=C/C(O)C(COC1OC(CO)C(O)C(O)C1O)NC(=O)CCCCCCC/C=C\CCCCOC(=O)CCCCCCCCCCCCC. The van der Waals surface area contributed by atoms with Crippen molar-refractivity contribution in [3.8, 4) is 0 Å². The van der Waals surface area contributed by atoms with Gasteiger partial charge in [0.05, 0.1) is 32.0 Å². The number of carbonyl (C=O) groups is 2. The first-order chi connectivity index (χ1) is 30.7. The number of hydrogen-bond donors (Lipinski definition) is 6. The lowest BCUT2D eigenvalue weighted by atomic mass is 9.99. The summed E-state index contributed by atoms with van der Waals surface area (Å²) in [5.74, 6) is -0.269. The molecule has 0 aromatic rings. The smallest absolute Gasteiger partial charge is 0.305 e. The molecule has 1 aliphatic heterocycles. The number of ether oxygens (including phenoxy) is 3. The van der Waals surface area contributed by atoms with Crippen LogP contribution in [0.3, 0.4) is 0 Å². The van der Waals surface area contributed by atoms with Crippen LogP contribution in [0.25, 0.3) is 0 Å². The Morgan fingerprint density at radius 3 is 1.52 bits per heavy atom. The van der Waals surface area contributed by atoms with Crippen LogP contribution in [0, 0.1) is 0 Å². The molecule has 0 bridgehead atoms. The zero-order chi connectivity index (χ0) is 46.0. The molecule has 0 radical (unpaired) electrons. The van der Waals surface area contributed by atoms with E-state index in [9.17, 15) is 35.1 Å². The first-order valence-corrected chi connectivity index (χ1v) is 26.1. The largest absolute Gasteiger partial charge is 0.466 e. The van der Waals surface area contributed by atoms with Gasteiger partial charge in [-0.05, 0) is 57.8 Å². The van der Waals surface area contributed by atoms with Crippen molar-refractivity contribution in [1.29, 1.82) is 0 Å². The molecule has 1 fully saturated rings. The highest BCUT2D eigenvalue weighted by molar-refractivity contribution is 5.76. The number of unbranched alkanes of at least 4 members (excludes halogenated alkanes) is 28. The summed E-state index contributed by atoms with van der Waals surface area (Å²) in [5.41, 5.74) is 0. The molecule has 0 aromatic carbocycles. The third-order valence-corrected chi connectivity index (χ3v) is 12.3. The highest BCUT2D eigenvalue weighted by Gasteiger charge is 2.44. The van der Waals surface area contributed by atoms with E-state index >= 15 is 0 Å². The van der Waals surface area contributed by atoms with Gasteiger partial charge in [-0.2, -0.15) is 0 Å². The van der Waals surface area contributed by atoms with Crippen molar-refractivity contribution in [2.45, 2.75) is 275 Å². The fraction of sp³-hybridized carbons (Fsp3) is 0.885. The Balaban J connectivity index is 2.24. The predicted octanol–water partition coefficient (Wildman–Crippen LogP) is 10.6. The van der Waals surface area contributed by atoms with Gasteiger partial charge in [0.1, 0.15) is 24.4 Å². The maximum Gasteiger partial charge on any atom is 0.305 e. The minimum Gasteiger partial charge on any atom is -0.466 e. The Kier molecular flexibility index (Phi) is 40.1. The number of esters is 1. The van der Waals surface area contributed by atoms with Gasteiger partial charge in [-0.1, -0.05) is 186 Å². The van der Waals surface area contributed by atoms with Crippen molar-refractivity contribution >= 4 is 11.9 Å². The molecule has 370 valence electrons. The quantitative estimate of drug-likeness (QED) is 0.0196. The van der Waals surface area contributed by atoms with Gasteiger partial charge < -0.3 is 45.1 Å². The molecule has 1 amide bonds. The lowest BCUT2D eigenvalue weighted by molar-refractivity contribution is -0.302. The Labute approximate surface area is 384 Å². The molecule has 1 saturated heterocycles. The molecule has 7 atom stereocenters. The van der Waals surface area contributed by atoms with E-state index in [1.54, 1.807) is 6.08 Å². The van der Waals surface area contributed by atoms with Crippen LogP contribution in [0.4, 0.5) is 0 Å². The number of aliphatic hydroxyl groups is 5. The fourth-order valence-electron chi connectivity index (χ4n) is 8.07. The Morgan fingerprint density at radius 2 is 1.02 bits per heavy atom. The number of aliphatic hydroxyl groups excluding tert-OH is 5. The second kappa shape index (κ2) is 42.8. The predicted molar refractivity (Wildman–Crippen MR) is 255 cm³/mol. The van der Waals surface area contributed by atoms with Gasteiger partial charge in [-0.15, -0.1) is 0 Å². The van der Waals surface area contributed by atoms with E-state index in [-0.39, 0.29) is 18.5 Å². The van der Waals surface area contributed by atoms with Gasteiger partial charge >= 0.3 is 5.97 Å². The van der Waals surface area contributed by atoms with Crippen LogP contribution in [0.5, 0.6) is 0 Å². The topological polar surface area (TPSA) is 175 Å².